The number of fused-ring (bicyclic) bond motifs is 3. The third kappa shape index (κ3) is 1.68. The predicted molar refractivity (Wildman–Crippen MR) is 74.6 cm³/mol. The fourth-order valence-electron chi connectivity index (χ4n) is 2.35. The maximum atomic E-state index is 12.6. The molecule has 110 valence electrons. The van der Waals surface area contributed by atoms with Crippen LogP contribution in [0, 0.1) is 6.92 Å². The molecule has 8 nitrogen and oxygen atoms in total. The van der Waals surface area contributed by atoms with Crippen molar-refractivity contribution in [2.24, 2.45) is 7.05 Å². The molecule has 0 saturated heterocycles. The Hall–Kier alpha value is -2.64. The highest BCUT2D eigenvalue weighted by atomic mass is 16.4. The van der Waals surface area contributed by atoms with Gasteiger partial charge >= 0.3 is 11.5 Å². The fraction of sp³-hybridized carbons (Fsp3) is 0.385. The molecule has 1 atom stereocenters. The lowest BCUT2D eigenvalue weighted by Crippen LogP contribution is -2.42. The number of hydrogen-bond acceptors (Lipinski definition) is 5. The number of Topliss-reactive ketones (excluding diaryl/α,β-unsaturated/α-hetero) is 1. The van der Waals surface area contributed by atoms with Crippen LogP contribution in [0.1, 0.15) is 25.6 Å². The van der Waals surface area contributed by atoms with Crippen molar-refractivity contribution < 1.29 is 9.21 Å². The van der Waals surface area contributed by atoms with Crippen LogP contribution in [0.4, 0.5) is 0 Å². The smallest absolute Gasteiger partial charge is 0.333 e. The van der Waals surface area contributed by atoms with Gasteiger partial charge in [-0.3, -0.25) is 18.6 Å². The van der Waals surface area contributed by atoms with E-state index in [1.807, 2.05) is 0 Å². The Morgan fingerprint density at radius 2 is 2.05 bits per heavy atom. The maximum Gasteiger partial charge on any atom is 0.333 e. The summed E-state index contributed by atoms with van der Waals surface area (Å²) in [7, 11) is 1.51. The van der Waals surface area contributed by atoms with E-state index < -0.39 is 17.3 Å². The molecule has 8 heteroatoms. The second kappa shape index (κ2) is 4.18. The summed E-state index contributed by atoms with van der Waals surface area (Å²) < 4.78 is 9.06. The van der Waals surface area contributed by atoms with Crippen LogP contribution < -0.4 is 11.2 Å². The normalized spacial score (nSPS) is 13.1. The molecule has 0 N–H and O–H groups in total. The van der Waals surface area contributed by atoms with E-state index in [1.54, 1.807) is 13.1 Å². The van der Waals surface area contributed by atoms with Crippen LogP contribution in [0.15, 0.2) is 20.2 Å². The number of carbonyl (C=O) groups excluding carboxylic acids is 1. The van der Waals surface area contributed by atoms with E-state index in [4.69, 9.17) is 4.42 Å². The third-order valence-electron chi connectivity index (χ3n) is 3.63. The number of carbonyl (C=O) groups is 1. The first-order valence-electron chi connectivity index (χ1n) is 6.43. The first kappa shape index (κ1) is 13.3. The molecule has 3 aromatic rings. The molecule has 0 fully saturated rings. The first-order chi connectivity index (χ1) is 9.82. The number of rotatable bonds is 2. The van der Waals surface area contributed by atoms with Gasteiger partial charge in [-0.05, 0) is 20.8 Å². The summed E-state index contributed by atoms with van der Waals surface area (Å²) in [6.07, 6.45) is 1.62. The number of nitrogens with zero attached hydrogens (tertiary/aromatic N) is 4. The topological polar surface area (TPSA) is 91.5 Å². The largest absolute Gasteiger partial charge is 0.428 e. The van der Waals surface area contributed by atoms with Gasteiger partial charge < -0.3 is 4.42 Å². The van der Waals surface area contributed by atoms with Crippen molar-refractivity contribution in [2.45, 2.75) is 26.8 Å². The average molecular weight is 290 g/mol. The zero-order valence-corrected chi connectivity index (χ0v) is 12.1. The van der Waals surface area contributed by atoms with Gasteiger partial charge in [0, 0.05) is 7.05 Å². The lowest BCUT2D eigenvalue weighted by atomic mass is 10.2. The number of aromatic nitrogens is 4. The number of hydrogen-bond donors (Lipinski definition) is 0. The molecule has 0 aromatic carbocycles. The fourth-order valence-corrected chi connectivity index (χ4v) is 2.35. The Balaban J connectivity index is 2.56. The molecule has 0 saturated carbocycles. The van der Waals surface area contributed by atoms with E-state index in [0.29, 0.717) is 5.76 Å². The monoisotopic (exact) mass is 290 g/mol. The molecule has 0 bridgehead atoms. The Morgan fingerprint density at radius 1 is 1.38 bits per heavy atom. The van der Waals surface area contributed by atoms with E-state index in [2.05, 4.69) is 4.98 Å². The van der Waals surface area contributed by atoms with Crippen molar-refractivity contribution in [3.8, 4) is 0 Å². The van der Waals surface area contributed by atoms with Crippen LogP contribution in [-0.4, -0.2) is 24.3 Å². The van der Waals surface area contributed by atoms with Crippen molar-refractivity contribution in [2.75, 3.05) is 0 Å². The van der Waals surface area contributed by atoms with Gasteiger partial charge in [0.1, 0.15) is 5.76 Å². The van der Waals surface area contributed by atoms with Crippen molar-refractivity contribution in [3.63, 3.8) is 0 Å². The molecule has 0 aliphatic carbocycles. The third-order valence-corrected chi connectivity index (χ3v) is 3.63. The van der Waals surface area contributed by atoms with Gasteiger partial charge in [0.05, 0.1) is 12.2 Å². The van der Waals surface area contributed by atoms with Crippen LogP contribution in [0.25, 0.3) is 17.0 Å². The van der Waals surface area contributed by atoms with Crippen molar-refractivity contribution in [1.29, 1.82) is 0 Å². The van der Waals surface area contributed by atoms with Gasteiger partial charge in [-0.2, -0.15) is 4.98 Å². The zero-order chi connectivity index (χ0) is 15.5. The van der Waals surface area contributed by atoms with Crippen LogP contribution in [0.5, 0.6) is 0 Å². The summed E-state index contributed by atoms with van der Waals surface area (Å²) in [4.78, 5) is 40.7. The van der Waals surface area contributed by atoms with E-state index in [1.165, 1.54) is 29.9 Å². The zero-order valence-electron chi connectivity index (χ0n) is 12.1. The summed E-state index contributed by atoms with van der Waals surface area (Å²) in [6, 6.07) is -0.834. The van der Waals surface area contributed by atoms with Gasteiger partial charge in [0.15, 0.2) is 16.9 Å². The Labute approximate surface area is 118 Å². The quantitative estimate of drug-likeness (QED) is 0.681. The molecule has 3 aromatic heterocycles. The molecule has 21 heavy (non-hydrogen) atoms. The summed E-state index contributed by atoms with van der Waals surface area (Å²) in [6.45, 7) is 4.60. The lowest BCUT2D eigenvalue weighted by Gasteiger charge is -2.12. The predicted octanol–water partition coefficient (Wildman–Crippen LogP) is 0.399. The second-order valence-corrected chi connectivity index (χ2v) is 5.08. The van der Waals surface area contributed by atoms with Gasteiger partial charge in [0.25, 0.3) is 5.56 Å². The molecule has 0 aliphatic rings. The van der Waals surface area contributed by atoms with Crippen molar-refractivity contribution >= 4 is 22.8 Å². The minimum atomic E-state index is -0.834. The van der Waals surface area contributed by atoms with Crippen LogP contribution >= 0.6 is 0 Å². The SMILES string of the molecule is CC(=O)[C@@H](C)n1c(=O)c2c(nc3oc(C)cn32)n(C)c1=O. The van der Waals surface area contributed by atoms with Gasteiger partial charge in [0.2, 0.25) is 0 Å². The number of aryl methyl sites for hydroxylation is 2. The molecule has 0 unspecified atom stereocenters. The number of imidazole rings is 1. The molecule has 0 amide bonds. The number of ketones is 1. The van der Waals surface area contributed by atoms with Gasteiger partial charge in [-0.25, -0.2) is 9.36 Å². The Kier molecular flexibility index (Phi) is 2.65. The molecular formula is C13H14N4O4. The van der Waals surface area contributed by atoms with Crippen molar-refractivity contribution in [3.05, 3.63) is 32.8 Å². The maximum absolute atomic E-state index is 12.6. The molecule has 3 rings (SSSR count). The first-order valence-corrected chi connectivity index (χ1v) is 6.43. The number of oxazole rings is 1. The molecule has 0 aliphatic heterocycles. The van der Waals surface area contributed by atoms with Crippen LogP contribution in [-0.2, 0) is 11.8 Å². The molecular weight excluding hydrogens is 276 g/mol. The summed E-state index contributed by atoms with van der Waals surface area (Å²) in [5.74, 6) is 0.569. The highest BCUT2D eigenvalue weighted by molar-refractivity contribution is 5.80. The Morgan fingerprint density at radius 3 is 2.67 bits per heavy atom. The minimum Gasteiger partial charge on any atom is -0.428 e. The van der Waals surface area contributed by atoms with E-state index in [9.17, 15) is 14.4 Å². The highest BCUT2D eigenvalue weighted by Crippen LogP contribution is 2.15. The van der Waals surface area contributed by atoms with Gasteiger partial charge in [-0.1, -0.05) is 0 Å². The lowest BCUT2D eigenvalue weighted by molar-refractivity contribution is -0.119. The molecule has 0 radical (unpaired) electrons. The van der Waals surface area contributed by atoms with Gasteiger partial charge in [-0.15, -0.1) is 0 Å². The average Bonchev–Trinajstić information content (AvgIpc) is 2.91. The summed E-state index contributed by atoms with van der Waals surface area (Å²) in [5, 5.41) is 0. The second-order valence-electron chi connectivity index (χ2n) is 5.08. The van der Waals surface area contributed by atoms with Crippen molar-refractivity contribution in [1.82, 2.24) is 18.5 Å². The molecule has 3 heterocycles. The molecule has 0 spiro atoms. The highest BCUT2D eigenvalue weighted by Gasteiger charge is 2.23. The van der Waals surface area contributed by atoms with E-state index in [0.717, 1.165) is 4.57 Å². The summed E-state index contributed by atoms with van der Waals surface area (Å²) >= 11 is 0. The Bertz CT molecular complexity index is 1000. The van der Waals surface area contributed by atoms with Crippen LogP contribution in [0.2, 0.25) is 0 Å². The van der Waals surface area contributed by atoms with E-state index >= 15 is 0 Å². The van der Waals surface area contributed by atoms with E-state index in [-0.39, 0.29) is 22.8 Å². The summed E-state index contributed by atoms with van der Waals surface area (Å²) in [5.41, 5.74) is -0.676. The van der Waals surface area contributed by atoms with Crippen LogP contribution in [0.3, 0.4) is 0 Å². The minimum absolute atomic E-state index is 0.219. The standard InChI is InChI=1S/C13H14N4O4/c1-6-5-16-9-10(14-12(16)21-6)15(4)13(20)17(11(9)19)7(2)8(3)18/h5,7H,1-4H3/t7-/m1/s1.